The Kier molecular flexibility index (Phi) is 7.73. The third-order valence-electron chi connectivity index (χ3n) is 4.74. The van der Waals surface area contributed by atoms with Gasteiger partial charge in [-0.15, -0.1) is 0 Å². The fourth-order valence-electron chi connectivity index (χ4n) is 3.08. The van der Waals surface area contributed by atoms with Gasteiger partial charge in [0.2, 0.25) is 0 Å². The molecule has 0 aliphatic rings. The van der Waals surface area contributed by atoms with Crippen molar-refractivity contribution < 1.29 is 9.47 Å². The molecule has 150 valence electrons. The van der Waals surface area contributed by atoms with Crippen LogP contribution < -0.4 is 9.47 Å². The number of imidazole rings is 1. The van der Waals surface area contributed by atoms with Gasteiger partial charge in [0.15, 0.2) is 0 Å². The quantitative estimate of drug-likeness (QED) is 0.441. The van der Waals surface area contributed by atoms with Crippen molar-refractivity contribution in [3.05, 3.63) is 48.5 Å². The molecule has 1 heterocycles. The zero-order valence-electron chi connectivity index (χ0n) is 17.0. The average molecular weight is 382 g/mol. The molecule has 5 heteroatoms. The molecule has 0 amide bonds. The van der Waals surface area contributed by atoms with Crippen LogP contribution >= 0.6 is 0 Å². The number of hydrogen-bond acceptors (Lipinski definition) is 4. The standard InChI is InChI=1S/C23H31N3O2/c1-3-5-15-26(16-6-4-2)17-18-27-19-11-13-20(14-12-19)28-23-24-21-9-7-8-10-22(21)25-23/h7-14H,3-6,15-18H2,1-2H3,(H,24,25). The van der Waals surface area contributed by atoms with Crippen molar-refractivity contribution in [1.82, 2.24) is 14.9 Å². The molecule has 0 saturated heterocycles. The maximum absolute atomic E-state index is 5.93. The Labute approximate surface area is 167 Å². The molecule has 0 atom stereocenters. The van der Waals surface area contributed by atoms with Crippen molar-refractivity contribution in [2.45, 2.75) is 39.5 Å². The van der Waals surface area contributed by atoms with Crippen LogP contribution in [0, 0.1) is 0 Å². The summed E-state index contributed by atoms with van der Waals surface area (Å²) in [5, 5.41) is 0. The molecule has 0 spiro atoms. The first kappa shape index (κ1) is 20.2. The lowest BCUT2D eigenvalue weighted by atomic mass is 10.2. The first-order valence-electron chi connectivity index (χ1n) is 10.4. The van der Waals surface area contributed by atoms with Crippen LogP contribution in [0.15, 0.2) is 48.5 Å². The zero-order valence-corrected chi connectivity index (χ0v) is 17.0. The van der Waals surface area contributed by atoms with Gasteiger partial charge in [-0.1, -0.05) is 38.8 Å². The lowest BCUT2D eigenvalue weighted by Crippen LogP contribution is -2.30. The summed E-state index contributed by atoms with van der Waals surface area (Å²) in [6, 6.07) is 16.1. The molecule has 0 fully saturated rings. The van der Waals surface area contributed by atoms with E-state index < -0.39 is 0 Å². The van der Waals surface area contributed by atoms with E-state index in [0.29, 0.717) is 12.6 Å². The van der Waals surface area contributed by atoms with Crippen molar-refractivity contribution in [3.8, 4) is 17.5 Å². The Morgan fingerprint density at radius 3 is 2.21 bits per heavy atom. The smallest absolute Gasteiger partial charge is 0.300 e. The van der Waals surface area contributed by atoms with Crippen LogP contribution in [-0.4, -0.2) is 41.1 Å². The van der Waals surface area contributed by atoms with Gasteiger partial charge in [-0.2, -0.15) is 4.98 Å². The third-order valence-corrected chi connectivity index (χ3v) is 4.74. The molecule has 3 rings (SSSR count). The van der Waals surface area contributed by atoms with E-state index in [9.17, 15) is 0 Å². The highest BCUT2D eigenvalue weighted by atomic mass is 16.5. The summed E-state index contributed by atoms with van der Waals surface area (Å²) in [6.45, 7) is 8.47. The number of benzene rings is 2. The minimum atomic E-state index is 0.498. The SMILES string of the molecule is CCCCN(CCCC)CCOc1ccc(Oc2nc3ccccc3[nH]2)cc1. The normalized spacial score (nSPS) is 11.2. The number of unbranched alkanes of at least 4 members (excludes halogenated alkanes) is 2. The summed E-state index contributed by atoms with van der Waals surface area (Å²) in [7, 11) is 0. The van der Waals surface area contributed by atoms with Gasteiger partial charge in [0.05, 0.1) is 11.0 Å². The Morgan fingerprint density at radius 1 is 0.857 bits per heavy atom. The summed E-state index contributed by atoms with van der Waals surface area (Å²) < 4.78 is 11.7. The van der Waals surface area contributed by atoms with Gasteiger partial charge in [-0.05, 0) is 62.3 Å². The number of ether oxygens (including phenoxy) is 2. The summed E-state index contributed by atoms with van der Waals surface area (Å²) in [6.07, 6.45) is 4.96. The highest BCUT2D eigenvalue weighted by Crippen LogP contribution is 2.24. The van der Waals surface area contributed by atoms with Gasteiger partial charge in [0.1, 0.15) is 18.1 Å². The highest BCUT2D eigenvalue weighted by molar-refractivity contribution is 5.75. The minimum absolute atomic E-state index is 0.498. The fourth-order valence-corrected chi connectivity index (χ4v) is 3.08. The molecular weight excluding hydrogens is 350 g/mol. The Morgan fingerprint density at radius 2 is 1.54 bits per heavy atom. The minimum Gasteiger partial charge on any atom is -0.492 e. The number of fused-ring (bicyclic) bond motifs is 1. The van der Waals surface area contributed by atoms with E-state index >= 15 is 0 Å². The Bertz CT molecular complexity index is 788. The molecule has 0 aliphatic heterocycles. The van der Waals surface area contributed by atoms with Gasteiger partial charge in [0, 0.05) is 6.54 Å². The lowest BCUT2D eigenvalue weighted by Gasteiger charge is -2.22. The Balaban J connectivity index is 1.48. The number of H-pyrrole nitrogens is 1. The van der Waals surface area contributed by atoms with Crippen LogP contribution in [-0.2, 0) is 0 Å². The van der Waals surface area contributed by atoms with Crippen LogP contribution in [0.5, 0.6) is 17.5 Å². The van der Waals surface area contributed by atoms with Crippen LogP contribution in [0.25, 0.3) is 11.0 Å². The van der Waals surface area contributed by atoms with Crippen LogP contribution in [0.2, 0.25) is 0 Å². The molecule has 2 aromatic carbocycles. The number of aromatic amines is 1. The molecule has 28 heavy (non-hydrogen) atoms. The molecule has 3 aromatic rings. The lowest BCUT2D eigenvalue weighted by molar-refractivity contribution is 0.204. The van der Waals surface area contributed by atoms with E-state index in [4.69, 9.17) is 9.47 Å². The predicted molar refractivity (Wildman–Crippen MR) is 114 cm³/mol. The number of nitrogens with one attached hydrogen (secondary N) is 1. The first-order valence-corrected chi connectivity index (χ1v) is 10.4. The fraction of sp³-hybridized carbons (Fsp3) is 0.435. The van der Waals surface area contributed by atoms with E-state index in [0.717, 1.165) is 42.2 Å². The summed E-state index contributed by atoms with van der Waals surface area (Å²) in [4.78, 5) is 10.1. The summed E-state index contributed by atoms with van der Waals surface area (Å²) in [5.41, 5.74) is 1.86. The zero-order chi connectivity index (χ0) is 19.6. The number of nitrogens with zero attached hydrogens (tertiary/aromatic N) is 2. The monoisotopic (exact) mass is 381 g/mol. The predicted octanol–water partition coefficient (Wildman–Crippen LogP) is 5.64. The largest absolute Gasteiger partial charge is 0.492 e. The van der Waals surface area contributed by atoms with Crippen LogP contribution in [0.1, 0.15) is 39.5 Å². The first-order chi connectivity index (χ1) is 13.8. The van der Waals surface area contributed by atoms with E-state index in [2.05, 4.69) is 28.7 Å². The van der Waals surface area contributed by atoms with Gasteiger partial charge in [-0.3, -0.25) is 4.90 Å². The van der Waals surface area contributed by atoms with Crippen molar-refractivity contribution in [2.75, 3.05) is 26.2 Å². The second-order valence-corrected chi connectivity index (χ2v) is 7.03. The van der Waals surface area contributed by atoms with Gasteiger partial charge >= 0.3 is 0 Å². The Hall–Kier alpha value is -2.53. The number of para-hydroxylation sites is 2. The maximum atomic E-state index is 5.93. The summed E-state index contributed by atoms with van der Waals surface area (Å²) in [5.74, 6) is 1.60. The third kappa shape index (κ3) is 5.99. The molecule has 1 aromatic heterocycles. The van der Waals surface area contributed by atoms with Crippen LogP contribution in [0.4, 0.5) is 0 Å². The van der Waals surface area contributed by atoms with E-state index in [1.165, 1.54) is 25.7 Å². The second-order valence-electron chi connectivity index (χ2n) is 7.03. The molecule has 0 unspecified atom stereocenters. The van der Waals surface area contributed by atoms with E-state index in [1.807, 2.05) is 48.5 Å². The van der Waals surface area contributed by atoms with Crippen molar-refractivity contribution in [1.29, 1.82) is 0 Å². The molecule has 5 nitrogen and oxygen atoms in total. The molecular formula is C23H31N3O2. The molecule has 0 bridgehead atoms. The molecule has 1 N–H and O–H groups in total. The number of hydrogen-bond donors (Lipinski definition) is 1. The molecule has 0 aliphatic carbocycles. The molecule has 0 radical (unpaired) electrons. The van der Waals surface area contributed by atoms with Gasteiger partial charge in [0.25, 0.3) is 6.01 Å². The highest BCUT2D eigenvalue weighted by Gasteiger charge is 2.06. The number of aromatic nitrogens is 2. The molecule has 0 saturated carbocycles. The maximum Gasteiger partial charge on any atom is 0.300 e. The topological polar surface area (TPSA) is 50.4 Å². The van der Waals surface area contributed by atoms with Crippen molar-refractivity contribution >= 4 is 11.0 Å². The van der Waals surface area contributed by atoms with E-state index in [1.54, 1.807) is 0 Å². The van der Waals surface area contributed by atoms with Crippen LogP contribution in [0.3, 0.4) is 0 Å². The second kappa shape index (κ2) is 10.7. The van der Waals surface area contributed by atoms with Gasteiger partial charge in [-0.25, -0.2) is 0 Å². The van der Waals surface area contributed by atoms with E-state index in [-0.39, 0.29) is 0 Å². The number of rotatable bonds is 12. The van der Waals surface area contributed by atoms with Gasteiger partial charge < -0.3 is 14.5 Å². The average Bonchev–Trinajstić information content (AvgIpc) is 3.13. The van der Waals surface area contributed by atoms with Crippen molar-refractivity contribution in [3.63, 3.8) is 0 Å². The summed E-state index contributed by atoms with van der Waals surface area (Å²) >= 11 is 0. The van der Waals surface area contributed by atoms with Crippen molar-refractivity contribution in [2.24, 2.45) is 0 Å².